The van der Waals surface area contributed by atoms with Gasteiger partial charge in [0.15, 0.2) is 5.69 Å². The van der Waals surface area contributed by atoms with Crippen LogP contribution >= 0.6 is 11.3 Å². The van der Waals surface area contributed by atoms with Crippen LogP contribution in [0.5, 0.6) is 0 Å². The molecule has 4 heterocycles. The Labute approximate surface area is 162 Å². The third-order valence-corrected chi connectivity index (χ3v) is 6.38. The quantitative estimate of drug-likeness (QED) is 0.860. The summed E-state index contributed by atoms with van der Waals surface area (Å²) < 4.78 is 0. The monoisotopic (exact) mass is 387 g/mol. The van der Waals surface area contributed by atoms with Gasteiger partial charge in [-0.2, -0.15) is 5.10 Å². The van der Waals surface area contributed by atoms with E-state index in [2.05, 4.69) is 22.0 Å². The van der Waals surface area contributed by atoms with Crippen molar-refractivity contribution in [2.45, 2.75) is 26.3 Å². The van der Waals surface area contributed by atoms with Crippen molar-refractivity contribution in [1.29, 1.82) is 0 Å². The van der Waals surface area contributed by atoms with Gasteiger partial charge in [0, 0.05) is 43.2 Å². The summed E-state index contributed by atoms with van der Waals surface area (Å²) in [6, 6.07) is 3.96. The maximum Gasteiger partial charge on any atom is 0.274 e. The molecule has 0 spiro atoms. The number of fused-ring (bicyclic) bond motifs is 1. The van der Waals surface area contributed by atoms with Crippen LogP contribution in [0.3, 0.4) is 0 Å². The van der Waals surface area contributed by atoms with Crippen LogP contribution in [-0.2, 0) is 24.2 Å². The fourth-order valence-electron chi connectivity index (χ4n) is 3.80. The zero-order valence-corrected chi connectivity index (χ0v) is 16.4. The highest BCUT2D eigenvalue weighted by Crippen LogP contribution is 2.23. The third kappa shape index (κ3) is 3.77. The van der Waals surface area contributed by atoms with Gasteiger partial charge in [-0.25, -0.2) is 0 Å². The summed E-state index contributed by atoms with van der Waals surface area (Å²) in [7, 11) is 0. The Morgan fingerprint density at radius 2 is 2.00 bits per heavy atom. The molecular formula is C19H25N5O2S. The number of amides is 2. The lowest BCUT2D eigenvalue weighted by atomic mass is 10.0. The molecule has 0 unspecified atom stereocenters. The fraction of sp³-hybridized carbons (Fsp3) is 0.526. The highest BCUT2D eigenvalue weighted by molar-refractivity contribution is 7.10. The summed E-state index contributed by atoms with van der Waals surface area (Å²) in [5.41, 5.74) is 2.43. The molecule has 1 N–H and O–H groups in total. The van der Waals surface area contributed by atoms with Gasteiger partial charge in [-0.1, -0.05) is 13.0 Å². The number of aromatic amines is 1. The summed E-state index contributed by atoms with van der Waals surface area (Å²) in [5, 5.41) is 9.32. The summed E-state index contributed by atoms with van der Waals surface area (Å²) in [4.78, 5) is 32.6. The molecular weight excluding hydrogens is 362 g/mol. The normalized spacial score (nSPS) is 17.8. The van der Waals surface area contributed by atoms with Crippen LogP contribution in [0.2, 0.25) is 0 Å². The van der Waals surface area contributed by atoms with Gasteiger partial charge in [0.05, 0.1) is 18.7 Å². The van der Waals surface area contributed by atoms with Crippen LogP contribution in [0, 0.1) is 0 Å². The van der Waals surface area contributed by atoms with E-state index in [1.807, 2.05) is 27.3 Å². The molecule has 27 heavy (non-hydrogen) atoms. The number of carbonyl (C=O) groups is 2. The van der Waals surface area contributed by atoms with Crippen molar-refractivity contribution in [2.24, 2.45) is 0 Å². The highest BCUT2D eigenvalue weighted by atomic mass is 32.1. The first-order valence-corrected chi connectivity index (χ1v) is 10.4. The average molecular weight is 388 g/mol. The van der Waals surface area contributed by atoms with Crippen molar-refractivity contribution in [3.05, 3.63) is 39.3 Å². The van der Waals surface area contributed by atoms with Crippen molar-refractivity contribution in [3.63, 3.8) is 0 Å². The number of likely N-dealkylation sites (N-methyl/N-ethyl adjacent to an activating group) is 1. The molecule has 2 aliphatic heterocycles. The van der Waals surface area contributed by atoms with Gasteiger partial charge in [-0.15, -0.1) is 11.3 Å². The number of nitrogens with one attached hydrogen (secondary N) is 1. The fourth-order valence-corrected chi connectivity index (χ4v) is 4.49. The average Bonchev–Trinajstić information content (AvgIpc) is 3.36. The lowest BCUT2D eigenvalue weighted by Gasteiger charge is -2.34. The van der Waals surface area contributed by atoms with Gasteiger partial charge >= 0.3 is 0 Å². The number of aromatic nitrogens is 2. The zero-order chi connectivity index (χ0) is 18.8. The molecule has 0 aromatic carbocycles. The first-order valence-electron chi connectivity index (χ1n) is 9.53. The number of carbonyl (C=O) groups excluding carboxylic acids is 2. The molecule has 2 aliphatic rings. The maximum atomic E-state index is 12.9. The summed E-state index contributed by atoms with van der Waals surface area (Å²) in [6.07, 6.45) is 1.12. The number of rotatable bonds is 4. The number of hydrogen-bond acceptors (Lipinski definition) is 5. The minimum Gasteiger partial charge on any atom is -0.336 e. The first-order chi connectivity index (χ1) is 13.2. The topological polar surface area (TPSA) is 72.5 Å². The molecule has 2 aromatic rings. The Bertz CT molecular complexity index is 808. The van der Waals surface area contributed by atoms with Crippen molar-refractivity contribution >= 4 is 23.2 Å². The van der Waals surface area contributed by atoms with Crippen LogP contribution in [0.15, 0.2) is 17.5 Å². The minimum atomic E-state index is 0.0154. The van der Waals surface area contributed by atoms with E-state index in [1.54, 1.807) is 11.3 Å². The largest absolute Gasteiger partial charge is 0.336 e. The van der Waals surface area contributed by atoms with Gasteiger partial charge in [0.1, 0.15) is 0 Å². The second-order valence-electron chi connectivity index (χ2n) is 7.08. The van der Waals surface area contributed by atoms with E-state index in [9.17, 15) is 9.59 Å². The Morgan fingerprint density at radius 3 is 2.70 bits per heavy atom. The Kier molecular flexibility index (Phi) is 5.27. The smallest absolute Gasteiger partial charge is 0.274 e. The van der Waals surface area contributed by atoms with Crippen LogP contribution in [-0.4, -0.2) is 76.0 Å². The number of thiophene rings is 1. The van der Waals surface area contributed by atoms with E-state index in [4.69, 9.17) is 0 Å². The summed E-state index contributed by atoms with van der Waals surface area (Å²) in [5.74, 6) is 0.142. The Morgan fingerprint density at radius 1 is 1.19 bits per heavy atom. The standard InChI is InChI=1S/C19H25N5O2S/c1-2-22-7-9-23(10-8-22)19(26)18-15-5-6-24(13-16(15)20-21-18)17(25)12-14-4-3-11-27-14/h3-4,11H,2,5-10,12-13H2,1H3,(H,20,21). The molecule has 0 radical (unpaired) electrons. The minimum absolute atomic E-state index is 0.0154. The molecule has 0 atom stereocenters. The van der Waals surface area contributed by atoms with Crippen molar-refractivity contribution in [2.75, 3.05) is 39.3 Å². The highest BCUT2D eigenvalue weighted by Gasteiger charge is 2.30. The van der Waals surface area contributed by atoms with E-state index in [1.165, 1.54) is 0 Å². The van der Waals surface area contributed by atoms with Crippen molar-refractivity contribution < 1.29 is 9.59 Å². The number of nitrogens with zero attached hydrogens (tertiary/aromatic N) is 4. The number of piperazine rings is 1. The van der Waals surface area contributed by atoms with E-state index in [0.29, 0.717) is 31.6 Å². The van der Waals surface area contributed by atoms with Crippen LogP contribution in [0.25, 0.3) is 0 Å². The molecule has 0 bridgehead atoms. The van der Waals surface area contributed by atoms with Crippen LogP contribution < -0.4 is 0 Å². The lowest BCUT2D eigenvalue weighted by molar-refractivity contribution is -0.131. The predicted octanol–water partition coefficient (Wildman–Crippen LogP) is 1.38. The SMILES string of the molecule is CCN1CCN(C(=O)c2n[nH]c3c2CCN(C(=O)Cc2cccs2)C3)CC1. The van der Waals surface area contributed by atoms with Gasteiger partial charge in [-0.05, 0) is 24.4 Å². The summed E-state index contributed by atoms with van der Waals surface area (Å²) in [6.45, 7) is 7.64. The first kappa shape index (κ1) is 18.2. The van der Waals surface area contributed by atoms with E-state index in [-0.39, 0.29) is 11.8 Å². The summed E-state index contributed by atoms with van der Waals surface area (Å²) >= 11 is 1.61. The second kappa shape index (κ2) is 7.82. The maximum absolute atomic E-state index is 12.9. The molecule has 144 valence electrons. The third-order valence-electron chi connectivity index (χ3n) is 5.50. The predicted molar refractivity (Wildman–Crippen MR) is 104 cm³/mol. The van der Waals surface area contributed by atoms with Gasteiger partial charge < -0.3 is 14.7 Å². The van der Waals surface area contributed by atoms with Crippen molar-refractivity contribution in [3.8, 4) is 0 Å². The van der Waals surface area contributed by atoms with Crippen LogP contribution in [0.1, 0.15) is 33.5 Å². The van der Waals surface area contributed by atoms with E-state index in [0.717, 1.165) is 48.9 Å². The molecule has 2 aromatic heterocycles. The molecule has 1 saturated heterocycles. The van der Waals surface area contributed by atoms with Crippen molar-refractivity contribution in [1.82, 2.24) is 24.9 Å². The molecule has 0 aliphatic carbocycles. The lowest BCUT2D eigenvalue weighted by Crippen LogP contribution is -2.48. The Hall–Kier alpha value is -2.19. The van der Waals surface area contributed by atoms with Gasteiger partial charge in [0.25, 0.3) is 5.91 Å². The number of hydrogen-bond donors (Lipinski definition) is 1. The number of H-pyrrole nitrogens is 1. The van der Waals surface area contributed by atoms with E-state index >= 15 is 0 Å². The Balaban J connectivity index is 1.41. The van der Waals surface area contributed by atoms with E-state index < -0.39 is 0 Å². The van der Waals surface area contributed by atoms with Gasteiger partial charge in [0.2, 0.25) is 5.91 Å². The molecule has 4 rings (SSSR count). The van der Waals surface area contributed by atoms with Gasteiger partial charge in [-0.3, -0.25) is 14.7 Å². The van der Waals surface area contributed by atoms with Crippen LogP contribution in [0.4, 0.5) is 0 Å². The molecule has 1 fully saturated rings. The molecule has 8 heteroatoms. The molecule has 0 saturated carbocycles. The zero-order valence-electron chi connectivity index (χ0n) is 15.6. The molecule has 2 amide bonds. The second-order valence-corrected chi connectivity index (χ2v) is 8.11. The molecule has 7 nitrogen and oxygen atoms in total.